The first-order chi connectivity index (χ1) is 12.2. The van der Waals surface area contributed by atoms with Crippen molar-refractivity contribution in [3.63, 3.8) is 0 Å². The van der Waals surface area contributed by atoms with Crippen LogP contribution in [0, 0.1) is 6.92 Å². The monoisotopic (exact) mass is 331 g/mol. The molecule has 3 aromatic rings. The molecule has 0 saturated carbocycles. The van der Waals surface area contributed by atoms with Crippen LogP contribution in [-0.4, -0.2) is 27.3 Å². The van der Waals surface area contributed by atoms with Gasteiger partial charge in [0.1, 0.15) is 5.82 Å². The molecule has 126 valence electrons. The molecule has 1 aliphatic rings. The zero-order valence-corrected chi connectivity index (χ0v) is 14.3. The Labute approximate surface area is 147 Å². The Bertz CT molecular complexity index is 908. The SMILES string of the molecule is Cc1ccccc1/C=C/C(=O)N1CCCC1c1nc2ccccc2[nH]1. The van der Waals surface area contributed by atoms with Crippen LogP contribution in [0.2, 0.25) is 0 Å². The summed E-state index contributed by atoms with van der Waals surface area (Å²) >= 11 is 0. The first-order valence-electron chi connectivity index (χ1n) is 8.71. The topological polar surface area (TPSA) is 49.0 Å². The van der Waals surface area contributed by atoms with Crippen LogP contribution in [0.1, 0.15) is 35.8 Å². The van der Waals surface area contributed by atoms with Crippen LogP contribution in [0.4, 0.5) is 0 Å². The highest BCUT2D eigenvalue weighted by atomic mass is 16.2. The molecule has 1 atom stereocenters. The number of aromatic nitrogens is 2. The van der Waals surface area contributed by atoms with E-state index in [0.29, 0.717) is 0 Å². The summed E-state index contributed by atoms with van der Waals surface area (Å²) < 4.78 is 0. The van der Waals surface area contributed by atoms with Gasteiger partial charge >= 0.3 is 0 Å². The summed E-state index contributed by atoms with van der Waals surface area (Å²) in [5, 5.41) is 0. The minimum Gasteiger partial charge on any atom is -0.340 e. The van der Waals surface area contributed by atoms with Crippen LogP contribution in [0.25, 0.3) is 17.1 Å². The number of aryl methyl sites for hydroxylation is 1. The number of hydrogen-bond acceptors (Lipinski definition) is 2. The second-order valence-electron chi connectivity index (χ2n) is 6.52. The summed E-state index contributed by atoms with van der Waals surface area (Å²) in [4.78, 5) is 22.7. The van der Waals surface area contributed by atoms with Crippen LogP contribution < -0.4 is 0 Å². The van der Waals surface area contributed by atoms with Crippen molar-refractivity contribution in [2.24, 2.45) is 0 Å². The molecule has 1 unspecified atom stereocenters. The second kappa shape index (κ2) is 6.55. The van der Waals surface area contributed by atoms with Gasteiger partial charge in [0.2, 0.25) is 5.91 Å². The minimum absolute atomic E-state index is 0.0291. The third-order valence-electron chi connectivity index (χ3n) is 4.85. The number of imidazole rings is 1. The Morgan fingerprint density at radius 1 is 1.20 bits per heavy atom. The van der Waals surface area contributed by atoms with E-state index >= 15 is 0 Å². The molecule has 0 aliphatic carbocycles. The lowest BCUT2D eigenvalue weighted by molar-refractivity contribution is -0.126. The number of aromatic amines is 1. The maximum absolute atomic E-state index is 12.7. The summed E-state index contributed by atoms with van der Waals surface area (Å²) in [6.07, 6.45) is 5.55. The number of rotatable bonds is 3. The van der Waals surface area contributed by atoms with Crippen molar-refractivity contribution in [2.45, 2.75) is 25.8 Å². The lowest BCUT2D eigenvalue weighted by Crippen LogP contribution is -2.29. The van der Waals surface area contributed by atoms with Crippen LogP contribution in [-0.2, 0) is 4.79 Å². The zero-order chi connectivity index (χ0) is 17.2. The van der Waals surface area contributed by atoms with E-state index in [1.807, 2.05) is 53.4 Å². The molecule has 1 aliphatic heterocycles. The average Bonchev–Trinajstić information content (AvgIpc) is 3.27. The molecular formula is C21H21N3O. The van der Waals surface area contributed by atoms with E-state index in [2.05, 4.69) is 23.0 Å². The van der Waals surface area contributed by atoms with Gasteiger partial charge in [-0.15, -0.1) is 0 Å². The third kappa shape index (κ3) is 3.07. The van der Waals surface area contributed by atoms with Gasteiger partial charge in [0.05, 0.1) is 17.1 Å². The van der Waals surface area contributed by atoms with Crippen molar-refractivity contribution in [1.29, 1.82) is 0 Å². The second-order valence-corrected chi connectivity index (χ2v) is 6.52. The maximum atomic E-state index is 12.7. The smallest absolute Gasteiger partial charge is 0.247 e. The summed E-state index contributed by atoms with van der Waals surface area (Å²) in [5.74, 6) is 0.933. The summed E-state index contributed by atoms with van der Waals surface area (Å²) in [5.41, 5.74) is 4.22. The number of benzene rings is 2. The van der Waals surface area contributed by atoms with Gasteiger partial charge in [0.25, 0.3) is 0 Å². The highest BCUT2D eigenvalue weighted by Crippen LogP contribution is 2.31. The standard InChI is InChI=1S/C21H21N3O/c1-15-7-2-3-8-16(15)12-13-20(25)24-14-6-11-19(24)21-22-17-9-4-5-10-18(17)23-21/h2-5,7-10,12-13,19H,6,11,14H2,1H3,(H,22,23)/b13-12+. The first-order valence-corrected chi connectivity index (χ1v) is 8.71. The number of hydrogen-bond donors (Lipinski definition) is 1. The maximum Gasteiger partial charge on any atom is 0.247 e. The highest BCUT2D eigenvalue weighted by Gasteiger charge is 2.31. The van der Waals surface area contributed by atoms with E-state index in [-0.39, 0.29) is 11.9 Å². The number of H-pyrrole nitrogens is 1. The van der Waals surface area contributed by atoms with Gasteiger partial charge in [-0.2, -0.15) is 0 Å². The van der Waals surface area contributed by atoms with Crippen LogP contribution in [0.5, 0.6) is 0 Å². The van der Waals surface area contributed by atoms with E-state index in [0.717, 1.165) is 41.8 Å². The van der Waals surface area contributed by atoms with Crippen LogP contribution >= 0.6 is 0 Å². The lowest BCUT2D eigenvalue weighted by atomic mass is 10.1. The summed E-state index contributed by atoms with van der Waals surface area (Å²) in [6.45, 7) is 2.83. The Morgan fingerprint density at radius 2 is 2.00 bits per heavy atom. The molecule has 25 heavy (non-hydrogen) atoms. The van der Waals surface area contributed by atoms with Gasteiger partial charge in [0, 0.05) is 12.6 Å². The minimum atomic E-state index is 0.0291. The zero-order valence-electron chi connectivity index (χ0n) is 14.3. The van der Waals surface area contributed by atoms with Gasteiger partial charge in [0.15, 0.2) is 0 Å². The van der Waals surface area contributed by atoms with Crippen molar-refractivity contribution in [1.82, 2.24) is 14.9 Å². The summed E-state index contributed by atoms with van der Waals surface area (Å²) in [7, 11) is 0. The first kappa shape index (κ1) is 15.6. The number of nitrogens with zero attached hydrogens (tertiary/aromatic N) is 2. The van der Waals surface area contributed by atoms with E-state index in [4.69, 9.17) is 0 Å². The number of fused-ring (bicyclic) bond motifs is 1. The summed E-state index contributed by atoms with van der Waals surface area (Å²) in [6, 6.07) is 16.1. The molecule has 4 nitrogen and oxygen atoms in total. The van der Waals surface area contributed by atoms with Gasteiger partial charge in [-0.25, -0.2) is 4.98 Å². The Morgan fingerprint density at radius 3 is 2.84 bits per heavy atom. The molecule has 1 N–H and O–H groups in total. The number of amides is 1. The molecule has 2 heterocycles. The molecule has 0 bridgehead atoms. The van der Waals surface area contributed by atoms with E-state index < -0.39 is 0 Å². The lowest BCUT2D eigenvalue weighted by Gasteiger charge is -2.21. The number of para-hydroxylation sites is 2. The molecular weight excluding hydrogens is 310 g/mol. The van der Waals surface area contributed by atoms with Crippen molar-refractivity contribution in [2.75, 3.05) is 6.54 Å². The predicted octanol–water partition coefficient (Wildman–Crippen LogP) is 4.25. The van der Waals surface area contributed by atoms with Crippen molar-refractivity contribution in [3.8, 4) is 0 Å². The molecule has 0 radical (unpaired) electrons. The van der Waals surface area contributed by atoms with Gasteiger partial charge < -0.3 is 9.88 Å². The molecule has 1 aromatic heterocycles. The molecule has 1 fully saturated rings. The fourth-order valence-corrected chi connectivity index (χ4v) is 3.48. The van der Waals surface area contributed by atoms with E-state index in [9.17, 15) is 4.79 Å². The number of carbonyl (C=O) groups excluding carboxylic acids is 1. The quantitative estimate of drug-likeness (QED) is 0.730. The third-order valence-corrected chi connectivity index (χ3v) is 4.85. The molecule has 4 heteroatoms. The largest absolute Gasteiger partial charge is 0.340 e. The molecule has 1 saturated heterocycles. The predicted molar refractivity (Wildman–Crippen MR) is 100.0 cm³/mol. The van der Waals surface area contributed by atoms with Gasteiger partial charge in [-0.1, -0.05) is 36.4 Å². The van der Waals surface area contributed by atoms with Crippen LogP contribution in [0.15, 0.2) is 54.6 Å². The fraction of sp³-hybridized carbons (Fsp3) is 0.238. The van der Waals surface area contributed by atoms with Gasteiger partial charge in [-0.3, -0.25) is 4.79 Å². The van der Waals surface area contributed by atoms with Crippen molar-refractivity contribution in [3.05, 3.63) is 71.6 Å². The highest BCUT2D eigenvalue weighted by molar-refractivity contribution is 5.92. The molecule has 0 spiro atoms. The van der Waals surface area contributed by atoms with Crippen molar-refractivity contribution >= 4 is 23.0 Å². The fourth-order valence-electron chi connectivity index (χ4n) is 3.48. The number of likely N-dealkylation sites (tertiary alicyclic amines) is 1. The number of carbonyl (C=O) groups is 1. The molecule has 1 amide bonds. The average molecular weight is 331 g/mol. The molecule has 2 aromatic carbocycles. The van der Waals surface area contributed by atoms with Gasteiger partial charge in [-0.05, 0) is 49.1 Å². The molecule has 4 rings (SSSR count). The van der Waals surface area contributed by atoms with Crippen molar-refractivity contribution < 1.29 is 4.79 Å². The Hall–Kier alpha value is -2.88. The van der Waals surface area contributed by atoms with Crippen LogP contribution in [0.3, 0.4) is 0 Å². The van der Waals surface area contributed by atoms with E-state index in [1.54, 1.807) is 6.08 Å². The Balaban J connectivity index is 1.56. The Kier molecular flexibility index (Phi) is 4.10. The number of nitrogens with one attached hydrogen (secondary N) is 1. The van der Waals surface area contributed by atoms with E-state index in [1.165, 1.54) is 5.56 Å². The normalized spacial score (nSPS) is 17.6.